The fourth-order valence-electron chi connectivity index (χ4n) is 3.68. The fourth-order valence-corrected chi connectivity index (χ4v) is 3.68. The standard InChI is InChI=1S/C26H30N2O3/c1-6-21(28-14-13-24(29)27-25(28)30)17-22(26(2,3)4)23(31-5)16-18-11-12-19-9-7-8-10-20(19)15-18/h7-15,17H,6,16H2,1-5H3,(H,27,29,30)/b21-17+,23-22-. The summed E-state index contributed by atoms with van der Waals surface area (Å²) in [6.45, 7) is 8.36. The summed E-state index contributed by atoms with van der Waals surface area (Å²) in [5.74, 6) is 0.853. The van der Waals surface area contributed by atoms with Crippen molar-refractivity contribution in [2.45, 2.75) is 40.5 Å². The second kappa shape index (κ2) is 9.21. The minimum Gasteiger partial charge on any atom is -0.500 e. The molecule has 0 radical (unpaired) electrons. The zero-order chi connectivity index (χ0) is 22.6. The third-order valence-corrected chi connectivity index (χ3v) is 5.34. The molecule has 0 saturated carbocycles. The van der Waals surface area contributed by atoms with Crippen LogP contribution in [-0.4, -0.2) is 16.7 Å². The lowest BCUT2D eigenvalue weighted by molar-refractivity contribution is 0.269. The highest BCUT2D eigenvalue weighted by Crippen LogP contribution is 2.33. The van der Waals surface area contributed by atoms with Gasteiger partial charge in [0.15, 0.2) is 0 Å². The predicted octanol–water partition coefficient (Wildman–Crippen LogP) is 5.13. The summed E-state index contributed by atoms with van der Waals surface area (Å²) < 4.78 is 7.36. The molecule has 162 valence electrons. The first-order chi connectivity index (χ1) is 14.7. The highest BCUT2D eigenvalue weighted by atomic mass is 16.5. The number of aromatic amines is 1. The lowest BCUT2D eigenvalue weighted by Crippen LogP contribution is -2.28. The Bertz CT molecular complexity index is 1250. The van der Waals surface area contributed by atoms with Gasteiger partial charge in [0.05, 0.1) is 7.11 Å². The van der Waals surface area contributed by atoms with E-state index in [-0.39, 0.29) is 5.41 Å². The average Bonchev–Trinajstić information content (AvgIpc) is 2.73. The summed E-state index contributed by atoms with van der Waals surface area (Å²) >= 11 is 0. The summed E-state index contributed by atoms with van der Waals surface area (Å²) in [6.07, 6.45) is 4.80. The molecule has 0 amide bonds. The van der Waals surface area contributed by atoms with Gasteiger partial charge in [-0.1, -0.05) is 70.2 Å². The molecule has 1 heterocycles. The Hall–Kier alpha value is -3.34. The van der Waals surface area contributed by atoms with Gasteiger partial charge in [0, 0.05) is 24.4 Å². The van der Waals surface area contributed by atoms with Crippen LogP contribution in [0.5, 0.6) is 0 Å². The summed E-state index contributed by atoms with van der Waals surface area (Å²) in [7, 11) is 1.69. The largest absolute Gasteiger partial charge is 0.500 e. The van der Waals surface area contributed by atoms with Crippen molar-refractivity contribution in [2.75, 3.05) is 7.11 Å². The van der Waals surface area contributed by atoms with Crippen LogP contribution in [0.25, 0.3) is 16.5 Å². The van der Waals surface area contributed by atoms with Gasteiger partial charge in [0.1, 0.15) is 5.76 Å². The van der Waals surface area contributed by atoms with E-state index in [0.717, 1.165) is 22.6 Å². The molecular weight excluding hydrogens is 388 g/mol. The van der Waals surface area contributed by atoms with Crippen LogP contribution in [0.3, 0.4) is 0 Å². The van der Waals surface area contributed by atoms with E-state index < -0.39 is 11.2 Å². The van der Waals surface area contributed by atoms with Crippen LogP contribution in [0, 0.1) is 5.41 Å². The van der Waals surface area contributed by atoms with Gasteiger partial charge in [-0.05, 0) is 39.8 Å². The summed E-state index contributed by atoms with van der Waals surface area (Å²) in [4.78, 5) is 26.1. The number of methoxy groups -OCH3 is 1. The van der Waals surface area contributed by atoms with Crippen LogP contribution < -0.4 is 11.2 Å². The molecule has 31 heavy (non-hydrogen) atoms. The number of hydrogen-bond donors (Lipinski definition) is 1. The number of ether oxygens (including phenoxy) is 1. The molecule has 0 spiro atoms. The first kappa shape index (κ1) is 22.3. The molecule has 0 bridgehead atoms. The van der Waals surface area contributed by atoms with Crippen molar-refractivity contribution in [3.8, 4) is 0 Å². The highest BCUT2D eigenvalue weighted by Gasteiger charge is 2.22. The summed E-state index contributed by atoms with van der Waals surface area (Å²) in [5.41, 5.74) is 1.90. The van der Waals surface area contributed by atoms with Crippen molar-refractivity contribution in [1.82, 2.24) is 9.55 Å². The number of nitrogens with zero attached hydrogens (tertiary/aromatic N) is 1. The molecule has 0 atom stereocenters. The second-order valence-corrected chi connectivity index (χ2v) is 8.62. The molecule has 0 fully saturated rings. The Morgan fingerprint density at radius 3 is 2.39 bits per heavy atom. The number of benzene rings is 2. The van der Waals surface area contributed by atoms with Crippen LogP contribution in [0.15, 0.2) is 81.7 Å². The molecule has 0 aliphatic heterocycles. The van der Waals surface area contributed by atoms with Crippen LogP contribution >= 0.6 is 0 Å². The van der Waals surface area contributed by atoms with Crippen molar-refractivity contribution in [3.05, 3.63) is 98.5 Å². The van der Waals surface area contributed by atoms with Crippen LogP contribution in [0.4, 0.5) is 0 Å². The molecule has 0 aliphatic carbocycles. The Balaban J connectivity index is 2.11. The number of allylic oxidation sites excluding steroid dienone is 4. The van der Waals surface area contributed by atoms with Gasteiger partial charge in [0.25, 0.3) is 5.56 Å². The van der Waals surface area contributed by atoms with Crippen molar-refractivity contribution in [2.24, 2.45) is 5.41 Å². The van der Waals surface area contributed by atoms with Crippen molar-refractivity contribution in [3.63, 3.8) is 0 Å². The molecule has 0 unspecified atom stereocenters. The van der Waals surface area contributed by atoms with Gasteiger partial charge < -0.3 is 4.74 Å². The van der Waals surface area contributed by atoms with Crippen molar-refractivity contribution in [1.29, 1.82) is 0 Å². The molecule has 5 heteroatoms. The van der Waals surface area contributed by atoms with E-state index in [0.29, 0.717) is 12.8 Å². The van der Waals surface area contributed by atoms with Crippen molar-refractivity contribution < 1.29 is 4.74 Å². The quantitative estimate of drug-likeness (QED) is 0.446. The highest BCUT2D eigenvalue weighted by molar-refractivity contribution is 5.83. The number of H-pyrrole nitrogens is 1. The van der Waals surface area contributed by atoms with E-state index in [1.54, 1.807) is 7.11 Å². The van der Waals surface area contributed by atoms with Gasteiger partial charge >= 0.3 is 5.69 Å². The smallest absolute Gasteiger partial charge is 0.332 e. The number of hydrogen-bond acceptors (Lipinski definition) is 3. The zero-order valence-corrected chi connectivity index (χ0v) is 18.9. The minimum absolute atomic E-state index is 0.214. The van der Waals surface area contributed by atoms with Gasteiger partial charge in [0.2, 0.25) is 0 Å². The van der Waals surface area contributed by atoms with Crippen LogP contribution in [-0.2, 0) is 11.2 Å². The Kier molecular flexibility index (Phi) is 6.64. The molecule has 1 aromatic heterocycles. The predicted molar refractivity (Wildman–Crippen MR) is 127 cm³/mol. The maximum absolute atomic E-state index is 12.3. The lowest BCUT2D eigenvalue weighted by Gasteiger charge is -2.25. The van der Waals surface area contributed by atoms with E-state index >= 15 is 0 Å². The van der Waals surface area contributed by atoms with Gasteiger partial charge in [-0.3, -0.25) is 14.3 Å². The molecule has 0 aliphatic rings. The first-order valence-corrected chi connectivity index (χ1v) is 10.5. The molecular formula is C26H30N2O3. The van der Waals surface area contributed by atoms with Gasteiger partial charge in [-0.15, -0.1) is 0 Å². The van der Waals surface area contributed by atoms with Crippen LogP contribution in [0.2, 0.25) is 0 Å². The Labute approximate surface area is 182 Å². The van der Waals surface area contributed by atoms with Crippen molar-refractivity contribution >= 4 is 16.5 Å². The molecule has 1 N–H and O–H groups in total. The molecule has 0 saturated heterocycles. The maximum Gasteiger partial charge on any atom is 0.332 e. The molecule has 3 rings (SSSR count). The number of rotatable bonds is 6. The van der Waals surface area contributed by atoms with E-state index in [2.05, 4.69) is 56.1 Å². The summed E-state index contributed by atoms with van der Waals surface area (Å²) in [5, 5.41) is 2.40. The number of nitrogens with one attached hydrogen (secondary N) is 1. The fraction of sp³-hybridized carbons (Fsp3) is 0.308. The third kappa shape index (κ3) is 5.23. The summed E-state index contributed by atoms with van der Waals surface area (Å²) in [6, 6.07) is 16.1. The van der Waals surface area contributed by atoms with Crippen LogP contribution in [0.1, 0.15) is 39.7 Å². The van der Waals surface area contributed by atoms with Gasteiger partial charge in [-0.2, -0.15) is 0 Å². The zero-order valence-electron chi connectivity index (χ0n) is 18.9. The van der Waals surface area contributed by atoms with E-state index in [1.807, 2.05) is 25.1 Å². The molecule has 3 aromatic rings. The molecule has 5 nitrogen and oxygen atoms in total. The maximum atomic E-state index is 12.3. The average molecular weight is 419 g/mol. The first-order valence-electron chi connectivity index (χ1n) is 10.5. The Morgan fingerprint density at radius 1 is 1.06 bits per heavy atom. The Morgan fingerprint density at radius 2 is 1.77 bits per heavy atom. The van der Waals surface area contributed by atoms with E-state index in [4.69, 9.17) is 4.74 Å². The SMILES string of the molecule is CC/C(=C\C(=C(/Cc1ccc2ccccc2c1)OC)C(C)(C)C)n1ccc(=O)[nH]c1=O. The molecule has 2 aromatic carbocycles. The topological polar surface area (TPSA) is 64.1 Å². The third-order valence-electron chi connectivity index (χ3n) is 5.34. The normalized spacial score (nSPS) is 13.3. The van der Waals surface area contributed by atoms with Gasteiger partial charge in [-0.25, -0.2) is 4.79 Å². The van der Waals surface area contributed by atoms with E-state index in [9.17, 15) is 9.59 Å². The number of fused-ring (bicyclic) bond motifs is 1. The minimum atomic E-state index is -0.442. The van der Waals surface area contributed by atoms with E-state index in [1.165, 1.54) is 27.6 Å². The second-order valence-electron chi connectivity index (χ2n) is 8.62. The monoisotopic (exact) mass is 418 g/mol. The lowest BCUT2D eigenvalue weighted by atomic mass is 9.83. The number of aromatic nitrogens is 2.